The van der Waals surface area contributed by atoms with Gasteiger partial charge in [-0.05, 0) is 31.4 Å². The average Bonchev–Trinajstić information content (AvgIpc) is 2.55. The summed E-state index contributed by atoms with van der Waals surface area (Å²) < 4.78 is 0. The Labute approximate surface area is 135 Å². The average molecular weight is 318 g/mol. The van der Waals surface area contributed by atoms with E-state index in [0.29, 0.717) is 32.4 Å². The van der Waals surface area contributed by atoms with E-state index in [1.165, 1.54) is 6.07 Å². The second-order valence-corrected chi connectivity index (χ2v) is 5.73. The van der Waals surface area contributed by atoms with Gasteiger partial charge < -0.3 is 15.3 Å². The number of carbonyl (C=O) groups is 3. The molecule has 124 valence electrons. The number of carboxylic acids is 1. The number of likely N-dealkylation sites (tertiary alicyclic amines) is 1. The minimum atomic E-state index is -1.10. The zero-order valence-corrected chi connectivity index (χ0v) is 13.2. The van der Waals surface area contributed by atoms with Crippen LogP contribution in [0.1, 0.15) is 53.3 Å². The molecule has 0 aromatic heterocycles. The van der Waals surface area contributed by atoms with E-state index in [-0.39, 0.29) is 29.0 Å². The first-order chi connectivity index (χ1) is 11.0. The Hall–Kier alpha value is -2.37. The molecule has 6 heteroatoms. The Balaban J connectivity index is 1.96. The Morgan fingerprint density at radius 2 is 1.78 bits per heavy atom. The number of benzene rings is 1. The van der Waals surface area contributed by atoms with Crippen molar-refractivity contribution in [3.8, 4) is 0 Å². The maximum absolute atomic E-state index is 12.5. The van der Waals surface area contributed by atoms with E-state index in [1.54, 1.807) is 23.1 Å². The van der Waals surface area contributed by atoms with E-state index >= 15 is 0 Å². The molecule has 0 saturated carbocycles. The number of hydrogen-bond donors (Lipinski definition) is 2. The van der Waals surface area contributed by atoms with Gasteiger partial charge in [0.05, 0.1) is 11.1 Å². The first kappa shape index (κ1) is 17.0. The molecule has 1 fully saturated rings. The topological polar surface area (TPSA) is 86.7 Å². The number of rotatable bonds is 5. The van der Waals surface area contributed by atoms with E-state index in [0.717, 1.165) is 6.42 Å². The fraction of sp³-hybridized carbons (Fsp3) is 0.471. The lowest BCUT2D eigenvalue weighted by Gasteiger charge is -2.32. The van der Waals surface area contributed by atoms with Crippen molar-refractivity contribution in [3.05, 3.63) is 35.4 Å². The number of aromatic carboxylic acids is 1. The van der Waals surface area contributed by atoms with E-state index in [1.807, 2.05) is 6.92 Å². The van der Waals surface area contributed by atoms with Gasteiger partial charge in [-0.2, -0.15) is 0 Å². The summed E-state index contributed by atoms with van der Waals surface area (Å²) in [5.41, 5.74) is 0.240. The molecule has 0 atom stereocenters. The maximum atomic E-state index is 12.5. The summed E-state index contributed by atoms with van der Waals surface area (Å²) in [4.78, 5) is 37.0. The van der Waals surface area contributed by atoms with Crippen molar-refractivity contribution in [2.24, 2.45) is 0 Å². The molecule has 1 aliphatic heterocycles. The van der Waals surface area contributed by atoms with Gasteiger partial charge in [-0.1, -0.05) is 19.1 Å². The van der Waals surface area contributed by atoms with Crippen LogP contribution >= 0.6 is 0 Å². The molecular weight excluding hydrogens is 296 g/mol. The molecule has 0 spiro atoms. The van der Waals surface area contributed by atoms with Crippen LogP contribution in [0.25, 0.3) is 0 Å². The molecule has 23 heavy (non-hydrogen) atoms. The second kappa shape index (κ2) is 7.76. The van der Waals surface area contributed by atoms with E-state index in [4.69, 9.17) is 0 Å². The van der Waals surface area contributed by atoms with Gasteiger partial charge in [0.15, 0.2) is 0 Å². The third-order valence-electron chi connectivity index (χ3n) is 4.01. The predicted molar refractivity (Wildman–Crippen MR) is 85.4 cm³/mol. The molecule has 0 bridgehead atoms. The molecule has 2 amide bonds. The molecule has 1 aromatic carbocycles. The van der Waals surface area contributed by atoms with E-state index in [2.05, 4.69) is 5.32 Å². The Kier molecular flexibility index (Phi) is 5.73. The van der Waals surface area contributed by atoms with Gasteiger partial charge >= 0.3 is 5.97 Å². The number of amides is 2. The molecule has 1 saturated heterocycles. The third-order valence-corrected chi connectivity index (χ3v) is 4.01. The van der Waals surface area contributed by atoms with Crippen molar-refractivity contribution in [1.29, 1.82) is 0 Å². The molecule has 6 nitrogen and oxygen atoms in total. The van der Waals surface area contributed by atoms with Crippen molar-refractivity contribution in [1.82, 2.24) is 10.2 Å². The highest BCUT2D eigenvalue weighted by Crippen LogP contribution is 2.17. The summed E-state index contributed by atoms with van der Waals surface area (Å²) in [6.45, 7) is 2.99. The second-order valence-electron chi connectivity index (χ2n) is 5.73. The van der Waals surface area contributed by atoms with Crippen molar-refractivity contribution in [3.63, 3.8) is 0 Å². The number of piperidine rings is 1. The number of hydrogen-bond acceptors (Lipinski definition) is 3. The van der Waals surface area contributed by atoms with Crippen molar-refractivity contribution in [2.45, 2.75) is 38.6 Å². The Morgan fingerprint density at radius 3 is 2.35 bits per heavy atom. The summed E-state index contributed by atoms with van der Waals surface area (Å²) >= 11 is 0. The van der Waals surface area contributed by atoms with E-state index < -0.39 is 5.97 Å². The Bertz CT molecular complexity index is 592. The van der Waals surface area contributed by atoms with Gasteiger partial charge in [0.2, 0.25) is 5.91 Å². The molecule has 0 aliphatic carbocycles. The van der Waals surface area contributed by atoms with Crippen molar-refractivity contribution in [2.75, 3.05) is 13.1 Å². The fourth-order valence-corrected chi connectivity index (χ4v) is 2.78. The lowest BCUT2D eigenvalue weighted by molar-refractivity contribution is -0.122. The van der Waals surface area contributed by atoms with Crippen LogP contribution in [0.2, 0.25) is 0 Å². The summed E-state index contributed by atoms with van der Waals surface area (Å²) in [5, 5.41) is 12.2. The zero-order valence-electron chi connectivity index (χ0n) is 13.2. The smallest absolute Gasteiger partial charge is 0.336 e. The highest BCUT2D eigenvalue weighted by Gasteiger charge is 2.26. The minimum Gasteiger partial charge on any atom is -0.478 e. The summed E-state index contributed by atoms with van der Waals surface area (Å²) in [5.74, 6) is -1.31. The summed E-state index contributed by atoms with van der Waals surface area (Å²) in [6, 6.07) is 6.34. The molecule has 1 aliphatic rings. The summed E-state index contributed by atoms with van der Waals surface area (Å²) in [7, 11) is 0. The third kappa shape index (κ3) is 4.31. The predicted octanol–water partition coefficient (Wildman–Crippen LogP) is 1.91. The standard InChI is InChI=1S/C17H22N2O4/c1-2-5-15(20)18-12-8-10-19(11-9-12)16(21)13-6-3-4-7-14(13)17(22)23/h3-4,6-7,12H,2,5,8-11H2,1H3,(H,18,20)(H,22,23). The normalized spacial score (nSPS) is 15.3. The van der Waals surface area contributed by atoms with Gasteiger partial charge in [-0.3, -0.25) is 9.59 Å². The first-order valence-corrected chi connectivity index (χ1v) is 7.94. The van der Waals surface area contributed by atoms with Crippen LogP contribution in [-0.4, -0.2) is 46.9 Å². The summed E-state index contributed by atoms with van der Waals surface area (Å²) in [6.07, 6.45) is 2.72. The molecule has 0 unspecified atom stereocenters. The Morgan fingerprint density at radius 1 is 1.17 bits per heavy atom. The van der Waals surface area contributed by atoms with Crippen LogP contribution < -0.4 is 5.32 Å². The maximum Gasteiger partial charge on any atom is 0.336 e. The first-order valence-electron chi connectivity index (χ1n) is 7.94. The molecule has 1 heterocycles. The minimum absolute atomic E-state index is 0.0240. The molecular formula is C17H22N2O4. The number of carbonyl (C=O) groups excluding carboxylic acids is 2. The van der Waals surface area contributed by atoms with Crippen LogP contribution in [0.3, 0.4) is 0 Å². The van der Waals surface area contributed by atoms with Crippen molar-refractivity contribution >= 4 is 17.8 Å². The molecule has 0 radical (unpaired) electrons. The van der Waals surface area contributed by atoms with Gasteiger partial charge in [0.25, 0.3) is 5.91 Å². The van der Waals surface area contributed by atoms with Crippen LogP contribution in [0.5, 0.6) is 0 Å². The lowest BCUT2D eigenvalue weighted by atomic mass is 10.0. The van der Waals surface area contributed by atoms with Gasteiger partial charge in [0.1, 0.15) is 0 Å². The molecule has 1 aromatic rings. The quantitative estimate of drug-likeness (QED) is 0.868. The number of nitrogens with zero attached hydrogens (tertiary/aromatic N) is 1. The number of nitrogens with one attached hydrogen (secondary N) is 1. The van der Waals surface area contributed by atoms with Crippen LogP contribution in [0.15, 0.2) is 24.3 Å². The molecule has 2 rings (SSSR count). The van der Waals surface area contributed by atoms with Crippen LogP contribution in [0.4, 0.5) is 0 Å². The van der Waals surface area contributed by atoms with Crippen LogP contribution in [-0.2, 0) is 4.79 Å². The zero-order chi connectivity index (χ0) is 16.8. The van der Waals surface area contributed by atoms with Gasteiger partial charge in [0, 0.05) is 25.6 Å². The van der Waals surface area contributed by atoms with Crippen molar-refractivity contribution < 1.29 is 19.5 Å². The van der Waals surface area contributed by atoms with Gasteiger partial charge in [-0.15, -0.1) is 0 Å². The highest BCUT2D eigenvalue weighted by molar-refractivity contribution is 6.04. The van der Waals surface area contributed by atoms with Crippen LogP contribution in [0, 0.1) is 0 Å². The monoisotopic (exact) mass is 318 g/mol. The lowest BCUT2D eigenvalue weighted by Crippen LogP contribution is -2.46. The van der Waals surface area contributed by atoms with E-state index in [9.17, 15) is 19.5 Å². The number of carboxylic acid groups (broad SMARTS) is 1. The fourth-order valence-electron chi connectivity index (χ4n) is 2.78. The SMILES string of the molecule is CCCC(=O)NC1CCN(C(=O)c2ccccc2C(=O)O)CC1. The largest absolute Gasteiger partial charge is 0.478 e. The molecule has 2 N–H and O–H groups in total. The van der Waals surface area contributed by atoms with Gasteiger partial charge in [-0.25, -0.2) is 4.79 Å². The highest BCUT2D eigenvalue weighted by atomic mass is 16.4.